The van der Waals surface area contributed by atoms with Crippen LogP contribution in [0.5, 0.6) is 0 Å². The summed E-state index contributed by atoms with van der Waals surface area (Å²) in [4.78, 5) is 0. The Morgan fingerprint density at radius 2 is 2.05 bits per heavy atom. The van der Waals surface area contributed by atoms with E-state index in [1.54, 1.807) is 0 Å². The average molecular weight is 261 g/mol. The van der Waals surface area contributed by atoms with Crippen molar-refractivity contribution < 1.29 is 4.74 Å². The van der Waals surface area contributed by atoms with Crippen LogP contribution < -0.4 is 5.32 Å². The minimum absolute atomic E-state index is 0.534. The third kappa shape index (κ3) is 4.96. The molecule has 2 nitrogen and oxygen atoms in total. The maximum absolute atomic E-state index is 5.63. The van der Waals surface area contributed by atoms with Crippen LogP contribution in [0, 0.1) is 0 Å². The molecule has 1 aromatic carbocycles. The van der Waals surface area contributed by atoms with Gasteiger partial charge in [-0.1, -0.05) is 38.1 Å². The summed E-state index contributed by atoms with van der Waals surface area (Å²) in [6.07, 6.45) is 5.47. The van der Waals surface area contributed by atoms with Crippen molar-refractivity contribution in [2.24, 2.45) is 0 Å². The Bertz CT molecular complexity index is 352. The molecule has 1 atom stereocenters. The van der Waals surface area contributed by atoms with Crippen LogP contribution in [0.2, 0.25) is 0 Å². The van der Waals surface area contributed by atoms with Crippen molar-refractivity contribution in [2.75, 3.05) is 13.2 Å². The molecule has 1 aliphatic heterocycles. The Hall–Kier alpha value is -0.860. The van der Waals surface area contributed by atoms with Gasteiger partial charge in [-0.3, -0.25) is 0 Å². The highest BCUT2D eigenvalue weighted by atomic mass is 16.5. The molecule has 19 heavy (non-hydrogen) atoms. The molecule has 0 aromatic heterocycles. The first-order valence-corrected chi connectivity index (χ1v) is 7.67. The zero-order valence-electron chi connectivity index (χ0n) is 12.3. The summed E-state index contributed by atoms with van der Waals surface area (Å²) < 4.78 is 5.63. The minimum Gasteiger partial charge on any atom is -0.378 e. The van der Waals surface area contributed by atoms with Crippen LogP contribution in [0.3, 0.4) is 0 Å². The van der Waals surface area contributed by atoms with E-state index in [-0.39, 0.29) is 0 Å². The van der Waals surface area contributed by atoms with E-state index < -0.39 is 0 Å². The number of nitrogens with one attached hydrogen (secondary N) is 1. The first-order chi connectivity index (χ1) is 9.25. The van der Waals surface area contributed by atoms with E-state index in [4.69, 9.17) is 4.74 Å². The van der Waals surface area contributed by atoms with Gasteiger partial charge in [0.15, 0.2) is 0 Å². The molecule has 0 aliphatic carbocycles. The maximum atomic E-state index is 5.63. The molecule has 1 heterocycles. The third-order valence-electron chi connectivity index (χ3n) is 3.88. The minimum atomic E-state index is 0.534. The summed E-state index contributed by atoms with van der Waals surface area (Å²) in [7, 11) is 0. The predicted molar refractivity (Wildman–Crippen MR) is 80.4 cm³/mol. The van der Waals surface area contributed by atoms with Crippen LogP contribution in [0.1, 0.15) is 56.6 Å². The largest absolute Gasteiger partial charge is 0.378 e. The van der Waals surface area contributed by atoms with Crippen LogP contribution >= 0.6 is 0 Å². The molecular formula is C17H27NO. The molecule has 1 aromatic rings. The number of hydrogen-bond donors (Lipinski definition) is 1. The van der Waals surface area contributed by atoms with Gasteiger partial charge < -0.3 is 10.1 Å². The number of benzene rings is 1. The van der Waals surface area contributed by atoms with E-state index in [0.29, 0.717) is 12.0 Å². The lowest BCUT2D eigenvalue weighted by molar-refractivity contribution is 0.102. The molecule has 1 fully saturated rings. The van der Waals surface area contributed by atoms with Gasteiger partial charge in [0.25, 0.3) is 0 Å². The van der Waals surface area contributed by atoms with Gasteiger partial charge in [0.05, 0.1) is 6.10 Å². The molecule has 2 rings (SSSR count). The molecule has 1 N–H and O–H groups in total. The van der Waals surface area contributed by atoms with Crippen molar-refractivity contribution in [1.29, 1.82) is 0 Å². The molecule has 1 aliphatic rings. The molecule has 2 heteroatoms. The molecule has 1 unspecified atom stereocenters. The van der Waals surface area contributed by atoms with Crippen LogP contribution in [0.15, 0.2) is 24.3 Å². The van der Waals surface area contributed by atoms with Crippen LogP contribution in [-0.2, 0) is 11.3 Å². The van der Waals surface area contributed by atoms with Gasteiger partial charge in [-0.25, -0.2) is 0 Å². The second kappa shape index (κ2) is 7.66. The lowest BCUT2D eigenvalue weighted by Crippen LogP contribution is -2.16. The third-order valence-corrected chi connectivity index (χ3v) is 3.88. The van der Waals surface area contributed by atoms with E-state index in [1.165, 1.54) is 36.8 Å². The monoisotopic (exact) mass is 261 g/mol. The van der Waals surface area contributed by atoms with E-state index in [0.717, 1.165) is 19.7 Å². The Morgan fingerprint density at radius 3 is 2.68 bits per heavy atom. The van der Waals surface area contributed by atoms with Crippen molar-refractivity contribution in [3.05, 3.63) is 35.4 Å². The summed E-state index contributed by atoms with van der Waals surface area (Å²) >= 11 is 0. The molecule has 1 saturated heterocycles. The number of ether oxygens (including phenoxy) is 1. The fourth-order valence-electron chi connectivity index (χ4n) is 2.58. The second-order valence-electron chi connectivity index (χ2n) is 5.85. The fourth-order valence-corrected chi connectivity index (χ4v) is 2.58. The van der Waals surface area contributed by atoms with E-state index in [9.17, 15) is 0 Å². The van der Waals surface area contributed by atoms with Gasteiger partial charge in [0.1, 0.15) is 0 Å². The van der Waals surface area contributed by atoms with Gasteiger partial charge in [0, 0.05) is 13.2 Å². The average Bonchev–Trinajstić information content (AvgIpc) is 2.92. The van der Waals surface area contributed by atoms with Crippen molar-refractivity contribution >= 4 is 0 Å². The Balaban J connectivity index is 1.59. The standard InChI is InChI=1S/C17H27NO/c1-14(2)16-9-7-15(8-10-16)13-18-11-3-5-17-6-4-12-19-17/h7-10,14,17-18H,3-6,11-13H2,1-2H3. The van der Waals surface area contributed by atoms with Gasteiger partial charge in [-0.15, -0.1) is 0 Å². The van der Waals surface area contributed by atoms with Gasteiger partial charge in [-0.05, 0) is 49.3 Å². The van der Waals surface area contributed by atoms with Crippen molar-refractivity contribution in [1.82, 2.24) is 5.32 Å². The first kappa shape index (κ1) is 14.5. The number of rotatable bonds is 7. The van der Waals surface area contributed by atoms with Crippen LogP contribution in [0.25, 0.3) is 0 Å². The van der Waals surface area contributed by atoms with Crippen LogP contribution in [-0.4, -0.2) is 19.3 Å². The summed E-state index contributed by atoms with van der Waals surface area (Å²) in [5.74, 6) is 0.619. The Morgan fingerprint density at radius 1 is 1.26 bits per heavy atom. The molecule has 106 valence electrons. The lowest BCUT2D eigenvalue weighted by atomic mass is 10.0. The number of hydrogen-bond acceptors (Lipinski definition) is 2. The predicted octanol–water partition coefficient (Wildman–Crippen LogP) is 3.86. The highest BCUT2D eigenvalue weighted by molar-refractivity contribution is 5.24. The van der Waals surface area contributed by atoms with Gasteiger partial charge in [0.2, 0.25) is 0 Å². The normalized spacial score (nSPS) is 19.2. The zero-order valence-corrected chi connectivity index (χ0v) is 12.3. The van der Waals surface area contributed by atoms with Gasteiger partial charge in [-0.2, -0.15) is 0 Å². The van der Waals surface area contributed by atoms with E-state index in [2.05, 4.69) is 43.4 Å². The zero-order chi connectivity index (χ0) is 13.5. The molecular weight excluding hydrogens is 234 g/mol. The topological polar surface area (TPSA) is 21.3 Å². The van der Waals surface area contributed by atoms with Crippen molar-refractivity contribution in [2.45, 2.75) is 58.1 Å². The van der Waals surface area contributed by atoms with Crippen LogP contribution in [0.4, 0.5) is 0 Å². The Kier molecular flexibility index (Phi) is 5.87. The molecule has 0 amide bonds. The second-order valence-corrected chi connectivity index (χ2v) is 5.85. The van der Waals surface area contributed by atoms with Crippen molar-refractivity contribution in [3.63, 3.8) is 0 Å². The van der Waals surface area contributed by atoms with E-state index >= 15 is 0 Å². The highest BCUT2D eigenvalue weighted by Gasteiger charge is 2.14. The van der Waals surface area contributed by atoms with Gasteiger partial charge >= 0.3 is 0 Å². The maximum Gasteiger partial charge on any atom is 0.0576 e. The Labute approximate surface area is 117 Å². The summed E-state index contributed by atoms with van der Waals surface area (Å²) in [6.45, 7) is 7.51. The molecule has 0 spiro atoms. The van der Waals surface area contributed by atoms with E-state index in [1.807, 2.05) is 0 Å². The smallest absolute Gasteiger partial charge is 0.0576 e. The SMILES string of the molecule is CC(C)c1ccc(CNCCCC2CCCO2)cc1. The van der Waals surface area contributed by atoms with Crippen molar-refractivity contribution in [3.8, 4) is 0 Å². The quantitative estimate of drug-likeness (QED) is 0.753. The summed E-state index contributed by atoms with van der Waals surface area (Å²) in [5, 5.41) is 3.52. The lowest BCUT2D eigenvalue weighted by Gasteiger charge is -2.10. The molecule has 0 bridgehead atoms. The summed E-state index contributed by atoms with van der Waals surface area (Å²) in [5.41, 5.74) is 2.80. The molecule has 0 saturated carbocycles. The first-order valence-electron chi connectivity index (χ1n) is 7.67. The fraction of sp³-hybridized carbons (Fsp3) is 0.647. The highest BCUT2D eigenvalue weighted by Crippen LogP contribution is 2.16. The summed E-state index contributed by atoms with van der Waals surface area (Å²) in [6, 6.07) is 8.97. The molecule has 0 radical (unpaired) electrons.